The summed E-state index contributed by atoms with van der Waals surface area (Å²) in [5.74, 6) is 2.28. The van der Waals surface area contributed by atoms with E-state index in [1.54, 1.807) is 6.07 Å². The first kappa shape index (κ1) is 13.8. The quantitative estimate of drug-likeness (QED) is 0.904. The Labute approximate surface area is 121 Å². The van der Waals surface area contributed by atoms with E-state index in [2.05, 4.69) is 43.3 Å². The number of anilines is 2. The van der Waals surface area contributed by atoms with Crippen LogP contribution in [0, 0.1) is 0 Å². The molecule has 1 aromatic heterocycles. The van der Waals surface area contributed by atoms with Gasteiger partial charge in [0.1, 0.15) is 17.5 Å². The molecule has 0 spiro atoms. The maximum Gasteiger partial charge on any atom is 0.135 e. The van der Waals surface area contributed by atoms with Gasteiger partial charge in [-0.3, -0.25) is 0 Å². The number of nitrogen functional groups attached to an aromatic ring is 1. The zero-order valence-electron chi connectivity index (χ0n) is 11.0. The van der Waals surface area contributed by atoms with Crippen molar-refractivity contribution in [3.8, 4) is 0 Å². The van der Waals surface area contributed by atoms with E-state index in [1.165, 1.54) is 5.56 Å². The molecule has 3 N–H and O–H groups in total. The number of nitrogens with two attached hydrogens (primary N) is 1. The highest BCUT2D eigenvalue weighted by molar-refractivity contribution is 9.10. The van der Waals surface area contributed by atoms with E-state index in [9.17, 15) is 0 Å². The molecule has 0 aliphatic rings. The molecule has 0 fully saturated rings. The lowest BCUT2D eigenvalue weighted by Gasteiger charge is -2.10. The summed E-state index contributed by atoms with van der Waals surface area (Å²) in [6.07, 6.45) is 0. The molecule has 1 heterocycles. The minimum absolute atomic E-state index is 0.261. The number of benzene rings is 1. The largest absolute Gasteiger partial charge is 0.384 e. The van der Waals surface area contributed by atoms with Gasteiger partial charge >= 0.3 is 0 Å². The monoisotopic (exact) mass is 320 g/mol. The summed E-state index contributed by atoms with van der Waals surface area (Å²) in [6.45, 7) is 4.81. The van der Waals surface area contributed by atoms with Crippen molar-refractivity contribution in [1.82, 2.24) is 9.97 Å². The van der Waals surface area contributed by atoms with Crippen LogP contribution in [0.25, 0.3) is 0 Å². The van der Waals surface area contributed by atoms with Gasteiger partial charge < -0.3 is 11.1 Å². The van der Waals surface area contributed by atoms with E-state index in [0.29, 0.717) is 12.4 Å². The smallest absolute Gasteiger partial charge is 0.135 e. The Balaban J connectivity index is 2.08. The Morgan fingerprint density at radius 3 is 2.53 bits per heavy atom. The zero-order chi connectivity index (χ0) is 13.8. The Morgan fingerprint density at radius 2 is 1.89 bits per heavy atom. The lowest BCUT2D eigenvalue weighted by atomic mass is 10.2. The molecule has 5 heteroatoms. The normalized spacial score (nSPS) is 10.7. The molecule has 0 amide bonds. The Morgan fingerprint density at radius 1 is 1.21 bits per heavy atom. The van der Waals surface area contributed by atoms with Crippen LogP contribution in [-0.2, 0) is 6.54 Å². The summed E-state index contributed by atoms with van der Waals surface area (Å²) in [7, 11) is 0. The highest BCUT2D eigenvalue weighted by Crippen LogP contribution is 2.16. The third-order valence-electron chi connectivity index (χ3n) is 2.67. The van der Waals surface area contributed by atoms with Crippen LogP contribution in [0.3, 0.4) is 0 Å². The molecule has 0 aliphatic heterocycles. The molecule has 2 rings (SSSR count). The van der Waals surface area contributed by atoms with Crippen LogP contribution in [-0.4, -0.2) is 9.97 Å². The summed E-state index contributed by atoms with van der Waals surface area (Å²) in [5.41, 5.74) is 6.98. The van der Waals surface area contributed by atoms with Crippen LogP contribution >= 0.6 is 15.9 Å². The standard InChI is InChI=1S/C14H17BrN4/c1-9(2)14-18-12(16)7-13(19-14)17-8-10-3-5-11(15)6-4-10/h3-7,9H,8H2,1-2H3,(H3,16,17,18,19). The van der Waals surface area contributed by atoms with Crippen LogP contribution in [0.1, 0.15) is 31.2 Å². The maximum absolute atomic E-state index is 5.79. The Kier molecular flexibility index (Phi) is 4.37. The number of hydrogen-bond acceptors (Lipinski definition) is 4. The van der Waals surface area contributed by atoms with Gasteiger partial charge in [-0.25, -0.2) is 9.97 Å². The minimum atomic E-state index is 0.261. The maximum atomic E-state index is 5.79. The fourth-order valence-electron chi connectivity index (χ4n) is 1.63. The lowest BCUT2D eigenvalue weighted by molar-refractivity contribution is 0.777. The second-order valence-corrected chi connectivity index (χ2v) is 5.59. The minimum Gasteiger partial charge on any atom is -0.384 e. The molecule has 100 valence electrons. The molecule has 0 atom stereocenters. The van der Waals surface area contributed by atoms with Gasteiger partial charge in [0.25, 0.3) is 0 Å². The first-order valence-corrected chi connectivity index (χ1v) is 6.96. The van der Waals surface area contributed by atoms with Gasteiger partial charge in [-0.15, -0.1) is 0 Å². The third-order valence-corrected chi connectivity index (χ3v) is 3.20. The van der Waals surface area contributed by atoms with Crippen molar-refractivity contribution in [2.45, 2.75) is 26.3 Å². The van der Waals surface area contributed by atoms with E-state index in [1.807, 2.05) is 26.0 Å². The topological polar surface area (TPSA) is 63.8 Å². The first-order valence-electron chi connectivity index (χ1n) is 6.17. The Hall–Kier alpha value is -1.62. The summed E-state index contributed by atoms with van der Waals surface area (Å²) >= 11 is 3.42. The fraction of sp³-hybridized carbons (Fsp3) is 0.286. The molecular formula is C14H17BrN4. The number of rotatable bonds is 4. The van der Waals surface area contributed by atoms with Crippen molar-refractivity contribution < 1.29 is 0 Å². The number of halogens is 1. The van der Waals surface area contributed by atoms with Gasteiger partial charge in [0.15, 0.2) is 0 Å². The molecular weight excluding hydrogens is 304 g/mol. The third kappa shape index (κ3) is 3.92. The molecule has 0 radical (unpaired) electrons. The summed E-state index contributed by atoms with van der Waals surface area (Å²) in [6, 6.07) is 9.91. The second kappa shape index (κ2) is 6.02. The molecule has 0 unspecified atom stereocenters. The SMILES string of the molecule is CC(C)c1nc(N)cc(NCc2ccc(Br)cc2)n1. The molecule has 1 aromatic carbocycles. The predicted molar refractivity (Wildman–Crippen MR) is 82.0 cm³/mol. The fourth-order valence-corrected chi connectivity index (χ4v) is 1.89. The van der Waals surface area contributed by atoms with Crippen LogP contribution in [0.4, 0.5) is 11.6 Å². The summed E-state index contributed by atoms with van der Waals surface area (Å²) in [4.78, 5) is 8.67. The average molecular weight is 321 g/mol. The Bertz CT molecular complexity index is 552. The molecule has 0 saturated carbocycles. The number of nitrogens with one attached hydrogen (secondary N) is 1. The van der Waals surface area contributed by atoms with Gasteiger partial charge in [0.05, 0.1) is 0 Å². The van der Waals surface area contributed by atoms with Crippen molar-refractivity contribution in [3.05, 3.63) is 46.2 Å². The van der Waals surface area contributed by atoms with E-state index >= 15 is 0 Å². The summed E-state index contributed by atoms with van der Waals surface area (Å²) in [5, 5.41) is 3.27. The average Bonchev–Trinajstić information content (AvgIpc) is 2.37. The van der Waals surface area contributed by atoms with Crippen LogP contribution < -0.4 is 11.1 Å². The van der Waals surface area contributed by atoms with Gasteiger partial charge in [0.2, 0.25) is 0 Å². The number of aromatic nitrogens is 2. The second-order valence-electron chi connectivity index (χ2n) is 4.67. The zero-order valence-corrected chi connectivity index (χ0v) is 12.6. The first-order chi connectivity index (χ1) is 9.04. The van der Waals surface area contributed by atoms with Crippen LogP contribution in [0.2, 0.25) is 0 Å². The van der Waals surface area contributed by atoms with Gasteiger partial charge in [-0.1, -0.05) is 41.9 Å². The van der Waals surface area contributed by atoms with Crippen LogP contribution in [0.5, 0.6) is 0 Å². The van der Waals surface area contributed by atoms with Gasteiger partial charge in [-0.05, 0) is 17.7 Å². The van der Waals surface area contributed by atoms with Crippen molar-refractivity contribution in [3.63, 3.8) is 0 Å². The van der Waals surface area contributed by atoms with E-state index in [4.69, 9.17) is 5.73 Å². The predicted octanol–water partition coefficient (Wildman–Crippen LogP) is 3.56. The van der Waals surface area contributed by atoms with Crippen molar-refractivity contribution in [2.75, 3.05) is 11.1 Å². The van der Waals surface area contributed by atoms with Gasteiger partial charge in [0, 0.05) is 23.0 Å². The van der Waals surface area contributed by atoms with E-state index in [-0.39, 0.29) is 5.92 Å². The van der Waals surface area contributed by atoms with E-state index in [0.717, 1.165) is 16.1 Å². The molecule has 19 heavy (non-hydrogen) atoms. The molecule has 4 nitrogen and oxygen atoms in total. The number of nitrogens with zero attached hydrogens (tertiary/aromatic N) is 2. The van der Waals surface area contributed by atoms with Gasteiger partial charge in [-0.2, -0.15) is 0 Å². The summed E-state index contributed by atoms with van der Waals surface area (Å²) < 4.78 is 1.07. The molecule has 0 saturated heterocycles. The van der Waals surface area contributed by atoms with Crippen molar-refractivity contribution in [1.29, 1.82) is 0 Å². The highest BCUT2D eigenvalue weighted by atomic mass is 79.9. The number of hydrogen-bond donors (Lipinski definition) is 2. The highest BCUT2D eigenvalue weighted by Gasteiger charge is 2.06. The van der Waals surface area contributed by atoms with Crippen molar-refractivity contribution in [2.24, 2.45) is 0 Å². The van der Waals surface area contributed by atoms with E-state index < -0.39 is 0 Å². The van der Waals surface area contributed by atoms with Crippen LogP contribution in [0.15, 0.2) is 34.8 Å². The lowest BCUT2D eigenvalue weighted by Crippen LogP contribution is -2.07. The molecule has 0 bridgehead atoms. The molecule has 2 aromatic rings. The molecule has 0 aliphatic carbocycles. The van der Waals surface area contributed by atoms with Crippen molar-refractivity contribution >= 4 is 27.6 Å².